The van der Waals surface area contributed by atoms with Gasteiger partial charge in [-0.25, -0.2) is 0 Å². The second kappa shape index (κ2) is 6.71. The van der Waals surface area contributed by atoms with Crippen LogP contribution in [-0.4, -0.2) is 16.3 Å². The van der Waals surface area contributed by atoms with Crippen molar-refractivity contribution in [3.05, 3.63) is 15.9 Å². The van der Waals surface area contributed by atoms with Crippen LogP contribution in [0.25, 0.3) is 0 Å². The van der Waals surface area contributed by atoms with E-state index >= 15 is 0 Å². The van der Waals surface area contributed by atoms with Crippen molar-refractivity contribution in [1.29, 1.82) is 0 Å². The van der Waals surface area contributed by atoms with Crippen molar-refractivity contribution in [1.82, 2.24) is 15.1 Å². The van der Waals surface area contributed by atoms with Crippen LogP contribution in [0, 0.1) is 12.8 Å². The molecule has 0 unspecified atom stereocenters. The van der Waals surface area contributed by atoms with E-state index in [2.05, 4.69) is 26.3 Å². The maximum atomic E-state index is 4.40. The van der Waals surface area contributed by atoms with Gasteiger partial charge in [0.25, 0.3) is 0 Å². The van der Waals surface area contributed by atoms with E-state index in [-0.39, 0.29) is 0 Å². The first-order valence-corrected chi connectivity index (χ1v) is 7.86. The predicted molar refractivity (Wildman–Crippen MR) is 78.5 cm³/mol. The smallest absolute Gasteiger partial charge is 0.0739 e. The van der Waals surface area contributed by atoms with Gasteiger partial charge in [-0.1, -0.05) is 25.7 Å². The van der Waals surface area contributed by atoms with Crippen molar-refractivity contribution in [3.8, 4) is 0 Å². The fourth-order valence-electron chi connectivity index (χ4n) is 2.89. The molecule has 0 aromatic carbocycles. The largest absolute Gasteiger partial charge is 0.311 e. The third kappa shape index (κ3) is 3.58. The Kier molecular flexibility index (Phi) is 5.25. The molecule has 3 nitrogen and oxygen atoms in total. The number of nitrogens with zero attached hydrogens (tertiary/aromatic N) is 2. The molecule has 0 aliphatic heterocycles. The van der Waals surface area contributed by atoms with Gasteiger partial charge in [0.15, 0.2) is 0 Å². The van der Waals surface area contributed by atoms with Crippen molar-refractivity contribution in [2.24, 2.45) is 13.0 Å². The van der Waals surface area contributed by atoms with Crippen LogP contribution in [0.2, 0.25) is 0 Å². The summed E-state index contributed by atoms with van der Waals surface area (Å²) in [6, 6.07) is 0. The molecule has 1 aromatic rings. The number of nitrogens with one attached hydrogen (secondary N) is 1. The molecule has 2 rings (SSSR count). The number of aromatic nitrogens is 2. The molecule has 0 radical (unpaired) electrons. The minimum absolute atomic E-state index is 0.905. The SMILES string of the molecule is Cc1nn(C)c(CNCCCC2CCCC2)c1Br. The van der Waals surface area contributed by atoms with E-state index in [4.69, 9.17) is 0 Å². The molecule has 1 aliphatic carbocycles. The van der Waals surface area contributed by atoms with E-state index in [1.807, 2.05) is 18.7 Å². The summed E-state index contributed by atoms with van der Waals surface area (Å²) < 4.78 is 3.11. The van der Waals surface area contributed by atoms with Gasteiger partial charge in [-0.15, -0.1) is 0 Å². The van der Waals surface area contributed by atoms with Crippen LogP contribution in [0.15, 0.2) is 4.47 Å². The van der Waals surface area contributed by atoms with Crippen molar-refractivity contribution < 1.29 is 0 Å². The van der Waals surface area contributed by atoms with Gasteiger partial charge in [-0.05, 0) is 48.2 Å². The summed E-state index contributed by atoms with van der Waals surface area (Å²) in [5.74, 6) is 1.01. The molecule has 1 heterocycles. The van der Waals surface area contributed by atoms with Gasteiger partial charge < -0.3 is 5.32 Å². The summed E-state index contributed by atoms with van der Waals surface area (Å²) in [7, 11) is 2.01. The number of aryl methyl sites for hydroxylation is 2. The molecule has 0 bridgehead atoms. The number of rotatable bonds is 6. The van der Waals surface area contributed by atoms with Crippen LogP contribution in [0.5, 0.6) is 0 Å². The molecule has 0 amide bonds. The van der Waals surface area contributed by atoms with Crippen LogP contribution < -0.4 is 5.32 Å². The molecule has 0 saturated heterocycles. The van der Waals surface area contributed by atoms with E-state index < -0.39 is 0 Å². The van der Waals surface area contributed by atoms with Gasteiger partial charge in [0.05, 0.1) is 15.9 Å². The van der Waals surface area contributed by atoms with Gasteiger partial charge in [0, 0.05) is 13.6 Å². The minimum atomic E-state index is 0.905. The van der Waals surface area contributed by atoms with Crippen LogP contribution in [-0.2, 0) is 13.6 Å². The first kappa shape index (κ1) is 14.1. The third-order valence-electron chi connectivity index (χ3n) is 3.99. The standard InChI is InChI=1S/C14H24BrN3/c1-11-14(15)13(18(2)17-11)10-16-9-5-8-12-6-3-4-7-12/h12,16H,3-10H2,1-2H3. The number of halogens is 1. The van der Waals surface area contributed by atoms with Gasteiger partial charge in [-0.3, -0.25) is 4.68 Å². The molecular weight excluding hydrogens is 290 g/mol. The Bertz CT molecular complexity index is 381. The number of hydrogen-bond donors (Lipinski definition) is 1. The lowest BCUT2D eigenvalue weighted by Crippen LogP contribution is -2.17. The predicted octanol–water partition coefficient (Wildman–Crippen LogP) is 3.55. The molecule has 1 N–H and O–H groups in total. The highest BCUT2D eigenvalue weighted by Gasteiger charge is 2.14. The van der Waals surface area contributed by atoms with E-state index in [0.29, 0.717) is 0 Å². The first-order valence-electron chi connectivity index (χ1n) is 7.07. The molecule has 1 saturated carbocycles. The zero-order valence-electron chi connectivity index (χ0n) is 11.5. The van der Waals surface area contributed by atoms with Crippen LogP contribution in [0.4, 0.5) is 0 Å². The van der Waals surface area contributed by atoms with E-state index in [0.717, 1.165) is 29.2 Å². The van der Waals surface area contributed by atoms with Crippen molar-refractivity contribution in [2.45, 2.75) is 52.0 Å². The van der Waals surface area contributed by atoms with Crippen molar-refractivity contribution in [2.75, 3.05) is 6.54 Å². The molecular formula is C14H24BrN3. The van der Waals surface area contributed by atoms with E-state index in [9.17, 15) is 0 Å². The Morgan fingerprint density at radius 3 is 2.72 bits per heavy atom. The zero-order chi connectivity index (χ0) is 13.0. The fourth-order valence-corrected chi connectivity index (χ4v) is 3.37. The summed E-state index contributed by atoms with van der Waals surface area (Å²) in [4.78, 5) is 0. The molecule has 1 aromatic heterocycles. The summed E-state index contributed by atoms with van der Waals surface area (Å²) in [5, 5.41) is 7.93. The van der Waals surface area contributed by atoms with Gasteiger partial charge >= 0.3 is 0 Å². The van der Waals surface area contributed by atoms with E-state index in [1.54, 1.807) is 0 Å². The van der Waals surface area contributed by atoms with Gasteiger partial charge in [0.2, 0.25) is 0 Å². The lowest BCUT2D eigenvalue weighted by molar-refractivity contribution is 0.468. The Labute approximate surface area is 118 Å². The maximum Gasteiger partial charge on any atom is 0.0739 e. The molecule has 1 aliphatic rings. The monoisotopic (exact) mass is 313 g/mol. The Balaban J connectivity index is 1.65. The summed E-state index contributed by atoms with van der Waals surface area (Å²) >= 11 is 3.60. The second-order valence-corrected chi connectivity index (χ2v) is 6.23. The molecule has 1 fully saturated rings. The average molecular weight is 314 g/mol. The first-order chi connectivity index (χ1) is 8.68. The highest BCUT2D eigenvalue weighted by molar-refractivity contribution is 9.10. The molecule has 102 valence electrons. The highest BCUT2D eigenvalue weighted by Crippen LogP contribution is 2.28. The second-order valence-electron chi connectivity index (χ2n) is 5.44. The van der Waals surface area contributed by atoms with Gasteiger partial charge in [0.1, 0.15) is 0 Å². The Morgan fingerprint density at radius 1 is 1.39 bits per heavy atom. The maximum absolute atomic E-state index is 4.40. The quantitative estimate of drug-likeness (QED) is 0.814. The highest BCUT2D eigenvalue weighted by atomic mass is 79.9. The Morgan fingerprint density at radius 2 is 2.11 bits per heavy atom. The zero-order valence-corrected chi connectivity index (χ0v) is 13.1. The fraction of sp³-hybridized carbons (Fsp3) is 0.786. The minimum Gasteiger partial charge on any atom is -0.311 e. The average Bonchev–Trinajstić information content (AvgIpc) is 2.92. The number of hydrogen-bond acceptors (Lipinski definition) is 2. The lowest BCUT2D eigenvalue weighted by atomic mass is 10.0. The summed E-state index contributed by atoms with van der Waals surface area (Å²) in [6.45, 7) is 4.06. The van der Waals surface area contributed by atoms with Crippen molar-refractivity contribution in [3.63, 3.8) is 0 Å². The van der Waals surface area contributed by atoms with Crippen LogP contribution in [0.1, 0.15) is 49.9 Å². The molecule has 0 atom stereocenters. The lowest BCUT2D eigenvalue weighted by Gasteiger charge is -2.09. The normalized spacial score (nSPS) is 16.6. The molecule has 18 heavy (non-hydrogen) atoms. The van der Waals surface area contributed by atoms with Crippen LogP contribution >= 0.6 is 15.9 Å². The van der Waals surface area contributed by atoms with Gasteiger partial charge in [-0.2, -0.15) is 5.10 Å². The Hall–Kier alpha value is -0.350. The summed E-state index contributed by atoms with van der Waals surface area (Å²) in [6.07, 6.45) is 8.55. The molecule has 4 heteroatoms. The molecule has 0 spiro atoms. The third-order valence-corrected chi connectivity index (χ3v) is 5.03. The van der Waals surface area contributed by atoms with Crippen molar-refractivity contribution >= 4 is 15.9 Å². The van der Waals surface area contributed by atoms with E-state index in [1.165, 1.54) is 44.2 Å². The topological polar surface area (TPSA) is 29.9 Å². The summed E-state index contributed by atoms with van der Waals surface area (Å²) in [5.41, 5.74) is 2.31. The van der Waals surface area contributed by atoms with Crippen LogP contribution in [0.3, 0.4) is 0 Å².